The van der Waals surface area contributed by atoms with Gasteiger partial charge in [0, 0.05) is 18.5 Å². The van der Waals surface area contributed by atoms with Gasteiger partial charge >= 0.3 is 0 Å². The maximum atomic E-state index is 11.6. The minimum absolute atomic E-state index is 0.0119. The van der Waals surface area contributed by atoms with Crippen molar-refractivity contribution >= 4 is 5.91 Å². The number of rotatable bonds is 5. The van der Waals surface area contributed by atoms with Gasteiger partial charge in [0.25, 0.3) is 0 Å². The minimum Gasteiger partial charge on any atom is -0.356 e. The van der Waals surface area contributed by atoms with Crippen LogP contribution in [0.4, 0.5) is 0 Å². The summed E-state index contributed by atoms with van der Waals surface area (Å²) >= 11 is 0. The molecule has 0 heterocycles. The van der Waals surface area contributed by atoms with E-state index in [1.165, 1.54) is 6.42 Å². The molecule has 92 valence electrons. The number of carbonyl (C=O) groups excluding carboxylic acids is 1. The third kappa shape index (κ3) is 3.30. The van der Waals surface area contributed by atoms with Crippen LogP contribution in [-0.2, 0) is 4.79 Å². The molecule has 1 atom stereocenters. The van der Waals surface area contributed by atoms with Gasteiger partial charge in [0.05, 0.1) is 0 Å². The molecular weight excluding hydrogens is 212 g/mol. The van der Waals surface area contributed by atoms with Crippen LogP contribution >= 0.6 is 0 Å². The second-order valence-corrected chi connectivity index (χ2v) is 4.72. The zero-order valence-electron chi connectivity index (χ0n) is 10.1. The van der Waals surface area contributed by atoms with E-state index in [-0.39, 0.29) is 17.9 Å². The summed E-state index contributed by atoms with van der Waals surface area (Å²) in [6, 6.07) is 10.0. The lowest BCUT2D eigenvalue weighted by Crippen LogP contribution is -2.35. The third-order valence-corrected chi connectivity index (χ3v) is 3.46. The molecule has 0 saturated heterocycles. The van der Waals surface area contributed by atoms with Crippen molar-refractivity contribution in [3.05, 3.63) is 35.9 Å². The molecule has 0 radical (unpaired) electrons. The average molecular weight is 232 g/mol. The Balaban J connectivity index is 1.69. The fourth-order valence-corrected chi connectivity index (χ4v) is 2.03. The largest absolute Gasteiger partial charge is 0.356 e. The Labute approximate surface area is 102 Å². The first-order chi connectivity index (χ1) is 8.27. The highest BCUT2D eigenvalue weighted by Crippen LogP contribution is 2.26. The summed E-state index contributed by atoms with van der Waals surface area (Å²) in [5.74, 6) is 0.472. The van der Waals surface area contributed by atoms with Gasteiger partial charge in [0.2, 0.25) is 5.91 Å². The second-order valence-electron chi connectivity index (χ2n) is 4.72. The molecule has 1 amide bonds. The van der Waals surface area contributed by atoms with Crippen LogP contribution in [-0.4, -0.2) is 12.5 Å². The van der Waals surface area contributed by atoms with Crippen molar-refractivity contribution in [2.75, 3.05) is 6.54 Å². The Hall–Kier alpha value is -1.35. The highest BCUT2D eigenvalue weighted by Gasteiger charge is 2.24. The Morgan fingerprint density at radius 1 is 1.35 bits per heavy atom. The summed E-state index contributed by atoms with van der Waals surface area (Å²) in [6.07, 6.45) is 4.09. The molecule has 1 aliphatic rings. The summed E-state index contributed by atoms with van der Waals surface area (Å²) in [4.78, 5) is 11.6. The van der Waals surface area contributed by atoms with Crippen LogP contribution in [0.2, 0.25) is 0 Å². The van der Waals surface area contributed by atoms with E-state index in [9.17, 15) is 4.79 Å². The van der Waals surface area contributed by atoms with E-state index < -0.39 is 0 Å². The number of hydrogen-bond acceptors (Lipinski definition) is 2. The molecule has 0 spiro atoms. The zero-order valence-corrected chi connectivity index (χ0v) is 10.1. The molecule has 1 aliphatic carbocycles. The lowest BCUT2D eigenvalue weighted by atomic mass is 9.85. The highest BCUT2D eigenvalue weighted by molar-refractivity contribution is 5.79. The summed E-state index contributed by atoms with van der Waals surface area (Å²) in [7, 11) is 0. The summed E-state index contributed by atoms with van der Waals surface area (Å²) in [5.41, 5.74) is 7.18. The lowest BCUT2D eigenvalue weighted by Gasteiger charge is -2.24. The molecule has 1 saturated carbocycles. The minimum atomic E-state index is 0.0119. The van der Waals surface area contributed by atoms with Gasteiger partial charge in [0.1, 0.15) is 0 Å². The molecule has 0 bridgehead atoms. The van der Waals surface area contributed by atoms with Crippen molar-refractivity contribution in [2.24, 2.45) is 11.7 Å². The number of nitrogens with one attached hydrogen (secondary N) is 1. The SMILES string of the molecule is NC(CCNC(=O)C1CCC1)c1ccccc1. The highest BCUT2D eigenvalue weighted by atomic mass is 16.1. The standard InChI is InChI=1S/C14H20N2O/c15-13(11-5-2-1-3-6-11)9-10-16-14(17)12-7-4-8-12/h1-3,5-6,12-13H,4,7-10,15H2,(H,16,17). The van der Waals surface area contributed by atoms with Gasteiger partial charge in [-0.3, -0.25) is 4.79 Å². The first kappa shape index (κ1) is 12.1. The van der Waals surface area contributed by atoms with Gasteiger partial charge in [-0.1, -0.05) is 36.8 Å². The Morgan fingerprint density at radius 3 is 2.65 bits per heavy atom. The fraction of sp³-hybridized carbons (Fsp3) is 0.500. The monoisotopic (exact) mass is 232 g/mol. The van der Waals surface area contributed by atoms with Crippen molar-refractivity contribution < 1.29 is 4.79 Å². The molecule has 3 N–H and O–H groups in total. The van der Waals surface area contributed by atoms with Crippen LogP contribution in [0.25, 0.3) is 0 Å². The van der Waals surface area contributed by atoms with Crippen LogP contribution in [0.15, 0.2) is 30.3 Å². The maximum Gasteiger partial charge on any atom is 0.223 e. The lowest BCUT2D eigenvalue weighted by molar-refractivity contribution is -0.127. The van der Waals surface area contributed by atoms with E-state index in [1.807, 2.05) is 30.3 Å². The summed E-state index contributed by atoms with van der Waals surface area (Å²) in [5, 5.41) is 2.97. The molecule has 2 rings (SSSR count). The van der Waals surface area contributed by atoms with E-state index in [0.717, 1.165) is 24.8 Å². The number of benzene rings is 1. The van der Waals surface area contributed by atoms with Crippen LogP contribution in [0.3, 0.4) is 0 Å². The molecule has 17 heavy (non-hydrogen) atoms. The van der Waals surface area contributed by atoms with Crippen LogP contribution in [0.5, 0.6) is 0 Å². The van der Waals surface area contributed by atoms with Crippen LogP contribution in [0.1, 0.15) is 37.3 Å². The van der Waals surface area contributed by atoms with Gasteiger partial charge in [-0.05, 0) is 24.8 Å². The van der Waals surface area contributed by atoms with Gasteiger partial charge in [-0.15, -0.1) is 0 Å². The maximum absolute atomic E-state index is 11.6. The molecule has 1 unspecified atom stereocenters. The molecule has 1 aromatic carbocycles. The second kappa shape index (κ2) is 5.82. The number of amides is 1. The van der Waals surface area contributed by atoms with Crippen molar-refractivity contribution in [2.45, 2.75) is 31.7 Å². The molecular formula is C14H20N2O. The Morgan fingerprint density at radius 2 is 2.06 bits per heavy atom. The number of hydrogen-bond donors (Lipinski definition) is 2. The first-order valence-electron chi connectivity index (χ1n) is 6.35. The average Bonchev–Trinajstić information content (AvgIpc) is 2.27. The van der Waals surface area contributed by atoms with E-state index in [1.54, 1.807) is 0 Å². The van der Waals surface area contributed by atoms with Crippen molar-refractivity contribution in [1.29, 1.82) is 0 Å². The quantitative estimate of drug-likeness (QED) is 0.815. The van der Waals surface area contributed by atoms with Crippen molar-refractivity contribution in [3.8, 4) is 0 Å². The molecule has 3 nitrogen and oxygen atoms in total. The topological polar surface area (TPSA) is 55.1 Å². The molecule has 3 heteroatoms. The Kier molecular flexibility index (Phi) is 4.15. The molecule has 0 aliphatic heterocycles. The van der Waals surface area contributed by atoms with E-state index >= 15 is 0 Å². The normalized spacial score (nSPS) is 17.2. The molecule has 1 fully saturated rings. The van der Waals surface area contributed by atoms with E-state index in [0.29, 0.717) is 6.54 Å². The zero-order chi connectivity index (χ0) is 12.1. The number of nitrogens with two attached hydrogens (primary N) is 1. The van der Waals surface area contributed by atoms with E-state index in [4.69, 9.17) is 5.73 Å². The summed E-state index contributed by atoms with van der Waals surface area (Å²) < 4.78 is 0. The smallest absolute Gasteiger partial charge is 0.223 e. The van der Waals surface area contributed by atoms with Crippen LogP contribution < -0.4 is 11.1 Å². The van der Waals surface area contributed by atoms with Gasteiger partial charge in [-0.25, -0.2) is 0 Å². The third-order valence-electron chi connectivity index (χ3n) is 3.46. The van der Waals surface area contributed by atoms with Gasteiger partial charge in [0.15, 0.2) is 0 Å². The predicted molar refractivity (Wildman–Crippen MR) is 68.3 cm³/mol. The Bertz CT molecular complexity index is 360. The van der Waals surface area contributed by atoms with Crippen LogP contribution in [0, 0.1) is 5.92 Å². The fourth-order valence-electron chi connectivity index (χ4n) is 2.03. The summed E-state index contributed by atoms with van der Waals surface area (Å²) in [6.45, 7) is 0.672. The van der Waals surface area contributed by atoms with E-state index in [2.05, 4.69) is 5.32 Å². The van der Waals surface area contributed by atoms with Gasteiger partial charge in [-0.2, -0.15) is 0 Å². The number of carbonyl (C=O) groups is 1. The van der Waals surface area contributed by atoms with Gasteiger partial charge < -0.3 is 11.1 Å². The predicted octanol–water partition coefficient (Wildman–Crippen LogP) is 1.99. The molecule has 1 aromatic rings. The first-order valence-corrected chi connectivity index (χ1v) is 6.35. The van der Waals surface area contributed by atoms with Crippen molar-refractivity contribution in [3.63, 3.8) is 0 Å². The van der Waals surface area contributed by atoms with Crippen molar-refractivity contribution in [1.82, 2.24) is 5.32 Å². The molecule has 0 aromatic heterocycles.